The highest BCUT2D eigenvalue weighted by molar-refractivity contribution is 5.78. The number of aliphatic hydroxyl groups excluding tert-OH is 1. The molecule has 0 aliphatic carbocycles. The van der Waals surface area contributed by atoms with E-state index in [0.29, 0.717) is 18.5 Å². The highest BCUT2D eigenvalue weighted by Gasteiger charge is 2.45. The van der Waals surface area contributed by atoms with Crippen molar-refractivity contribution >= 4 is 11.8 Å². The molecule has 31 heavy (non-hydrogen) atoms. The number of aliphatic hydroxyl groups is 1. The fourth-order valence-electron chi connectivity index (χ4n) is 5.63. The highest BCUT2D eigenvalue weighted by atomic mass is 16.6. The molecule has 0 bridgehead atoms. The Kier molecular flexibility index (Phi) is 4.97. The summed E-state index contributed by atoms with van der Waals surface area (Å²) in [6.07, 6.45) is 3.02. The molecule has 1 amide bonds. The molecular weight excluding hydrogens is 388 g/mol. The Morgan fingerprint density at radius 3 is 2.77 bits per heavy atom. The maximum Gasteiger partial charge on any atom is 0.410 e. The molecule has 1 N–H and O–H groups in total. The number of anilines is 1. The van der Waals surface area contributed by atoms with Crippen LogP contribution in [0.3, 0.4) is 0 Å². The van der Waals surface area contributed by atoms with Crippen LogP contribution in [0.5, 0.6) is 0 Å². The third kappa shape index (κ3) is 3.59. The van der Waals surface area contributed by atoms with Crippen LogP contribution < -0.4 is 4.90 Å². The Morgan fingerprint density at radius 2 is 2.00 bits per heavy atom. The van der Waals surface area contributed by atoms with Gasteiger partial charge in [-0.1, -0.05) is 24.3 Å². The molecule has 5 rings (SSSR count). The summed E-state index contributed by atoms with van der Waals surface area (Å²) >= 11 is 0. The number of carbonyl (C=O) groups is 1. The normalized spacial score (nSPS) is 22.2. The van der Waals surface area contributed by atoms with Crippen LogP contribution in [-0.4, -0.2) is 47.4 Å². The molecule has 2 aromatic carbocycles. The predicted octanol–water partition coefficient (Wildman–Crippen LogP) is 4.71. The number of nitrogens with zero attached hydrogens (tertiary/aromatic N) is 2. The molecule has 0 radical (unpaired) electrons. The first-order chi connectivity index (χ1) is 14.9. The van der Waals surface area contributed by atoms with Crippen LogP contribution in [0.15, 0.2) is 36.4 Å². The van der Waals surface area contributed by atoms with Gasteiger partial charge < -0.3 is 19.6 Å². The number of likely N-dealkylation sites (tertiary alicyclic amines) is 1. The number of benzene rings is 2. The molecule has 2 aromatic rings. The number of ether oxygens (including phenoxy) is 1. The SMILES string of the molecule is CC(C)(C)OC(=O)N1CC[C@H]2[C@@H](C1)c1cc(-c3ccccc3CO)cc3c1N2CCC3. The van der Waals surface area contributed by atoms with Gasteiger partial charge in [0, 0.05) is 37.3 Å². The van der Waals surface area contributed by atoms with Crippen molar-refractivity contribution < 1.29 is 14.6 Å². The number of hydrogen-bond acceptors (Lipinski definition) is 4. The number of piperidine rings is 1. The third-order valence-electron chi connectivity index (χ3n) is 6.88. The summed E-state index contributed by atoms with van der Waals surface area (Å²) < 4.78 is 5.67. The molecule has 5 heteroatoms. The van der Waals surface area contributed by atoms with Crippen molar-refractivity contribution in [1.82, 2.24) is 4.90 Å². The molecule has 2 atom stereocenters. The standard InChI is InChI=1S/C26H32N2O3/c1-26(2,3)31-25(30)27-12-10-23-22(15-27)21-14-19(20-9-5-4-7-18(20)16-29)13-17-8-6-11-28(23)24(17)21/h4-5,7,9,13-14,22-23,29H,6,8,10-12,15-16H2,1-3H3/t22-,23-/m0/s1. The van der Waals surface area contributed by atoms with Crippen LogP contribution >= 0.6 is 0 Å². The average molecular weight is 421 g/mol. The average Bonchev–Trinajstić information content (AvgIpc) is 3.07. The summed E-state index contributed by atoms with van der Waals surface area (Å²) in [5.41, 5.74) is 6.92. The number of rotatable bonds is 2. The largest absolute Gasteiger partial charge is 0.444 e. The van der Waals surface area contributed by atoms with Crippen LogP contribution in [0, 0.1) is 0 Å². The molecule has 5 nitrogen and oxygen atoms in total. The summed E-state index contributed by atoms with van der Waals surface area (Å²) in [4.78, 5) is 17.3. The summed E-state index contributed by atoms with van der Waals surface area (Å²) in [6, 6.07) is 13.2. The fourth-order valence-corrected chi connectivity index (χ4v) is 5.63. The number of amides is 1. The van der Waals surface area contributed by atoms with Crippen LogP contribution in [0.25, 0.3) is 11.1 Å². The molecule has 1 fully saturated rings. The third-order valence-corrected chi connectivity index (χ3v) is 6.88. The Hall–Kier alpha value is -2.53. The number of fused-ring (bicyclic) bond motifs is 3. The van der Waals surface area contributed by atoms with E-state index in [2.05, 4.69) is 23.1 Å². The Balaban J connectivity index is 1.53. The van der Waals surface area contributed by atoms with E-state index in [1.807, 2.05) is 43.9 Å². The minimum absolute atomic E-state index is 0.0349. The van der Waals surface area contributed by atoms with E-state index in [0.717, 1.165) is 43.5 Å². The quantitative estimate of drug-likeness (QED) is 0.765. The first kappa shape index (κ1) is 20.4. The number of hydrogen-bond donors (Lipinski definition) is 1. The zero-order valence-electron chi connectivity index (χ0n) is 18.7. The van der Waals surface area contributed by atoms with E-state index >= 15 is 0 Å². The van der Waals surface area contributed by atoms with Gasteiger partial charge in [-0.2, -0.15) is 0 Å². The monoisotopic (exact) mass is 420 g/mol. The lowest BCUT2D eigenvalue weighted by molar-refractivity contribution is 0.0189. The topological polar surface area (TPSA) is 53.0 Å². The Bertz CT molecular complexity index is 1010. The van der Waals surface area contributed by atoms with E-state index in [1.165, 1.54) is 22.4 Å². The van der Waals surface area contributed by atoms with Gasteiger partial charge in [0.15, 0.2) is 0 Å². The lowest BCUT2D eigenvalue weighted by atomic mass is 9.86. The summed E-state index contributed by atoms with van der Waals surface area (Å²) in [5.74, 6) is 0.300. The first-order valence-corrected chi connectivity index (χ1v) is 11.5. The van der Waals surface area contributed by atoms with Gasteiger partial charge >= 0.3 is 6.09 Å². The molecule has 3 aliphatic heterocycles. The summed E-state index contributed by atoms with van der Waals surface area (Å²) in [6.45, 7) is 8.34. The lowest BCUT2D eigenvalue weighted by Gasteiger charge is -2.40. The van der Waals surface area contributed by atoms with Crippen LogP contribution in [0.1, 0.15) is 56.2 Å². The Labute approximate surface area is 184 Å². The minimum atomic E-state index is -0.481. The van der Waals surface area contributed by atoms with Gasteiger partial charge in [-0.15, -0.1) is 0 Å². The van der Waals surface area contributed by atoms with Crippen molar-refractivity contribution in [2.45, 2.75) is 64.2 Å². The second-order valence-electron chi connectivity index (χ2n) is 10.1. The van der Waals surface area contributed by atoms with Crippen molar-refractivity contribution in [3.63, 3.8) is 0 Å². The van der Waals surface area contributed by atoms with E-state index in [9.17, 15) is 9.90 Å². The molecule has 0 aromatic heterocycles. The van der Waals surface area contributed by atoms with Gasteiger partial charge in [-0.3, -0.25) is 0 Å². The molecular formula is C26H32N2O3. The van der Waals surface area contributed by atoms with Crippen molar-refractivity contribution in [3.8, 4) is 11.1 Å². The van der Waals surface area contributed by atoms with Gasteiger partial charge in [-0.05, 0) is 80.0 Å². The summed E-state index contributed by atoms with van der Waals surface area (Å²) in [5, 5.41) is 9.86. The van der Waals surface area contributed by atoms with E-state index < -0.39 is 5.60 Å². The van der Waals surface area contributed by atoms with E-state index in [4.69, 9.17) is 4.74 Å². The number of carbonyl (C=O) groups excluding carboxylic acids is 1. The van der Waals surface area contributed by atoms with Crippen LogP contribution in [0.4, 0.5) is 10.5 Å². The van der Waals surface area contributed by atoms with E-state index in [1.54, 1.807) is 0 Å². The zero-order valence-corrected chi connectivity index (χ0v) is 18.7. The number of aryl methyl sites for hydroxylation is 1. The zero-order chi connectivity index (χ0) is 21.8. The smallest absolute Gasteiger partial charge is 0.410 e. The van der Waals surface area contributed by atoms with Crippen LogP contribution in [-0.2, 0) is 17.8 Å². The van der Waals surface area contributed by atoms with Gasteiger partial charge in [0.05, 0.1) is 6.61 Å². The summed E-state index contributed by atoms with van der Waals surface area (Å²) in [7, 11) is 0. The van der Waals surface area contributed by atoms with Gasteiger partial charge in [0.1, 0.15) is 5.60 Å². The van der Waals surface area contributed by atoms with Crippen molar-refractivity contribution in [2.75, 3.05) is 24.5 Å². The molecule has 164 valence electrons. The fraction of sp³-hybridized carbons (Fsp3) is 0.500. The van der Waals surface area contributed by atoms with E-state index in [-0.39, 0.29) is 12.7 Å². The van der Waals surface area contributed by atoms with Gasteiger partial charge in [0.25, 0.3) is 0 Å². The first-order valence-electron chi connectivity index (χ1n) is 11.5. The molecule has 0 saturated carbocycles. The van der Waals surface area contributed by atoms with Gasteiger partial charge in [0.2, 0.25) is 0 Å². The van der Waals surface area contributed by atoms with Gasteiger partial charge in [-0.25, -0.2) is 4.79 Å². The second kappa shape index (κ2) is 7.56. The van der Waals surface area contributed by atoms with Crippen LogP contribution in [0.2, 0.25) is 0 Å². The maximum atomic E-state index is 12.8. The van der Waals surface area contributed by atoms with Crippen molar-refractivity contribution in [2.24, 2.45) is 0 Å². The molecule has 3 aliphatic rings. The molecule has 1 saturated heterocycles. The molecule has 0 unspecified atom stereocenters. The molecule has 3 heterocycles. The lowest BCUT2D eigenvalue weighted by Crippen LogP contribution is -2.49. The maximum absolute atomic E-state index is 12.8. The van der Waals surface area contributed by atoms with Crippen molar-refractivity contribution in [3.05, 3.63) is 53.1 Å². The van der Waals surface area contributed by atoms with Crippen molar-refractivity contribution in [1.29, 1.82) is 0 Å². The minimum Gasteiger partial charge on any atom is -0.444 e. The Morgan fingerprint density at radius 1 is 1.19 bits per heavy atom. The predicted molar refractivity (Wildman–Crippen MR) is 122 cm³/mol. The second-order valence-corrected chi connectivity index (χ2v) is 10.1. The molecule has 0 spiro atoms. The highest BCUT2D eigenvalue weighted by Crippen LogP contribution is 2.50.